The molecule has 3 nitrogen and oxygen atoms in total. The van der Waals surface area contributed by atoms with Gasteiger partial charge in [0.25, 0.3) is 0 Å². The second-order valence-corrected chi connectivity index (χ2v) is 10.9. The van der Waals surface area contributed by atoms with Crippen molar-refractivity contribution in [3.63, 3.8) is 0 Å². The predicted molar refractivity (Wildman–Crippen MR) is 118 cm³/mol. The van der Waals surface area contributed by atoms with Crippen LogP contribution in [0.3, 0.4) is 0 Å². The Labute approximate surface area is 171 Å². The number of fused-ring (bicyclic) bond motifs is 1. The van der Waals surface area contributed by atoms with Gasteiger partial charge < -0.3 is 9.47 Å². The summed E-state index contributed by atoms with van der Waals surface area (Å²) < 4.78 is 11.7. The Hall–Kier alpha value is -1.68. The van der Waals surface area contributed by atoms with E-state index in [1.807, 2.05) is 0 Å². The van der Waals surface area contributed by atoms with Gasteiger partial charge in [-0.05, 0) is 79.4 Å². The molecule has 0 N–H and O–H groups in total. The third-order valence-corrected chi connectivity index (χ3v) is 8.96. The first-order valence-electron chi connectivity index (χ1n) is 10.8. The molecule has 2 fully saturated rings. The first-order chi connectivity index (χ1) is 13.6. The van der Waals surface area contributed by atoms with Gasteiger partial charge in [0.05, 0.1) is 0 Å². The van der Waals surface area contributed by atoms with Gasteiger partial charge in [0.2, 0.25) is 0 Å². The van der Waals surface area contributed by atoms with Gasteiger partial charge in [-0.1, -0.05) is 37.1 Å². The third kappa shape index (κ3) is 4.48. The van der Waals surface area contributed by atoms with Crippen LogP contribution in [0.25, 0.3) is 10.8 Å². The summed E-state index contributed by atoms with van der Waals surface area (Å²) in [7, 11) is -0.0666. The molecular formula is C24H32O3S. The fourth-order valence-corrected chi connectivity index (χ4v) is 7.37. The third-order valence-electron chi connectivity index (χ3n) is 6.17. The zero-order valence-corrected chi connectivity index (χ0v) is 17.8. The lowest BCUT2D eigenvalue weighted by Crippen LogP contribution is -2.35. The van der Waals surface area contributed by atoms with Gasteiger partial charge in [0.15, 0.2) is 6.61 Å². The minimum absolute atomic E-state index is 0.0201. The van der Waals surface area contributed by atoms with Crippen LogP contribution in [0.2, 0.25) is 0 Å². The Balaban J connectivity index is 1.47. The summed E-state index contributed by atoms with van der Waals surface area (Å²) in [6.07, 6.45) is 9.51. The Kier molecular flexibility index (Phi) is 6.15. The summed E-state index contributed by atoms with van der Waals surface area (Å²) in [6, 6.07) is 12.8. The molecule has 28 heavy (non-hydrogen) atoms. The summed E-state index contributed by atoms with van der Waals surface area (Å²) in [5, 5.41) is 2.41. The number of hydrogen-bond acceptors (Lipinski definition) is 3. The van der Waals surface area contributed by atoms with Crippen LogP contribution in [0.15, 0.2) is 41.3 Å². The standard InChI is InChI=1S/C24H32O3S/c1-24(14-6-2-7-15-24)27-23(25)18-26-21-12-13-22(28-16-8-3-9-17-28)20-11-5-4-10-19(20)21/h4-5,10-13,28H,2-3,6-9,14-18H2,1H3. The van der Waals surface area contributed by atoms with Crippen molar-refractivity contribution in [1.82, 2.24) is 0 Å². The average Bonchev–Trinajstić information content (AvgIpc) is 2.73. The molecular weight excluding hydrogens is 368 g/mol. The number of thiol groups is 1. The monoisotopic (exact) mass is 400 g/mol. The molecule has 1 aliphatic carbocycles. The van der Waals surface area contributed by atoms with Crippen LogP contribution in [0.1, 0.15) is 58.3 Å². The van der Waals surface area contributed by atoms with Gasteiger partial charge in [-0.2, -0.15) is 0 Å². The van der Waals surface area contributed by atoms with Crippen LogP contribution in [0, 0.1) is 0 Å². The molecule has 4 rings (SSSR count). The zero-order valence-electron chi connectivity index (χ0n) is 16.9. The largest absolute Gasteiger partial charge is 0.481 e. The smallest absolute Gasteiger partial charge is 0.344 e. The molecule has 1 aliphatic heterocycles. The Morgan fingerprint density at radius 1 is 0.929 bits per heavy atom. The molecule has 0 atom stereocenters. The highest BCUT2D eigenvalue weighted by molar-refractivity contribution is 8.17. The fraction of sp³-hybridized carbons (Fsp3) is 0.542. The molecule has 0 spiro atoms. The van der Waals surface area contributed by atoms with Gasteiger partial charge in [-0.25, -0.2) is 15.7 Å². The minimum Gasteiger partial charge on any atom is -0.481 e. The van der Waals surface area contributed by atoms with Crippen LogP contribution >= 0.6 is 10.9 Å². The number of benzene rings is 2. The van der Waals surface area contributed by atoms with E-state index in [1.54, 1.807) is 0 Å². The molecule has 0 aromatic heterocycles. The van der Waals surface area contributed by atoms with Crippen molar-refractivity contribution < 1.29 is 14.3 Å². The maximum absolute atomic E-state index is 12.4. The van der Waals surface area contributed by atoms with E-state index in [0.29, 0.717) is 0 Å². The van der Waals surface area contributed by atoms with Crippen molar-refractivity contribution in [3.8, 4) is 5.75 Å². The van der Waals surface area contributed by atoms with Gasteiger partial charge >= 0.3 is 5.97 Å². The van der Waals surface area contributed by atoms with E-state index < -0.39 is 0 Å². The molecule has 0 radical (unpaired) electrons. The molecule has 4 heteroatoms. The van der Waals surface area contributed by atoms with E-state index in [1.165, 1.54) is 47.5 Å². The predicted octanol–water partition coefficient (Wildman–Crippen LogP) is 6.03. The fourth-order valence-electron chi connectivity index (χ4n) is 4.63. The molecule has 0 unspecified atom stereocenters. The summed E-state index contributed by atoms with van der Waals surface area (Å²) in [5.41, 5.74) is -0.311. The van der Waals surface area contributed by atoms with Gasteiger partial charge in [-0.3, -0.25) is 0 Å². The van der Waals surface area contributed by atoms with E-state index in [4.69, 9.17) is 9.47 Å². The van der Waals surface area contributed by atoms with Crippen molar-refractivity contribution in [2.45, 2.75) is 68.8 Å². The molecule has 0 amide bonds. The van der Waals surface area contributed by atoms with Crippen LogP contribution in [0.4, 0.5) is 0 Å². The normalized spacial score (nSPS) is 20.7. The SMILES string of the molecule is CC1(OC(=O)COc2ccc([SH]3CCCCC3)c3ccccc23)CCCCC1. The Morgan fingerprint density at radius 3 is 2.36 bits per heavy atom. The summed E-state index contributed by atoms with van der Waals surface area (Å²) in [6.45, 7) is 2.04. The quantitative estimate of drug-likeness (QED) is 0.492. The highest BCUT2D eigenvalue weighted by Crippen LogP contribution is 2.46. The Bertz CT molecular complexity index is 820. The van der Waals surface area contributed by atoms with Crippen LogP contribution in [-0.4, -0.2) is 29.7 Å². The van der Waals surface area contributed by atoms with Gasteiger partial charge in [-0.15, -0.1) is 0 Å². The number of carbonyl (C=O) groups excluding carboxylic acids is 1. The molecule has 0 bridgehead atoms. The molecule has 1 saturated carbocycles. The van der Waals surface area contributed by atoms with Crippen LogP contribution < -0.4 is 4.74 Å². The molecule has 2 aliphatic rings. The van der Waals surface area contributed by atoms with E-state index in [9.17, 15) is 4.79 Å². The number of hydrogen-bond donors (Lipinski definition) is 1. The Morgan fingerprint density at radius 2 is 1.61 bits per heavy atom. The summed E-state index contributed by atoms with van der Waals surface area (Å²) >= 11 is 0. The lowest BCUT2D eigenvalue weighted by atomic mass is 9.86. The van der Waals surface area contributed by atoms with E-state index in [-0.39, 0.29) is 29.1 Å². The van der Waals surface area contributed by atoms with Crippen molar-refractivity contribution in [1.29, 1.82) is 0 Å². The summed E-state index contributed by atoms with van der Waals surface area (Å²) in [5.74, 6) is 3.21. The van der Waals surface area contributed by atoms with Crippen LogP contribution in [-0.2, 0) is 9.53 Å². The molecule has 1 heterocycles. The number of rotatable bonds is 5. The molecule has 152 valence electrons. The average molecular weight is 401 g/mol. The topological polar surface area (TPSA) is 35.5 Å². The van der Waals surface area contributed by atoms with E-state index in [2.05, 4.69) is 43.3 Å². The van der Waals surface area contributed by atoms with E-state index in [0.717, 1.165) is 36.8 Å². The minimum atomic E-state index is -0.311. The molecule has 2 aromatic carbocycles. The van der Waals surface area contributed by atoms with Crippen molar-refractivity contribution in [3.05, 3.63) is 36.4 Å². The molecule has 2 aromatic rings. The lowest BCUT2D eigenvalue weighted by Gasteiger charge is -2.33. The maximum Gasteiger partial charge on any atom is 0.344 e. The second kappa shape index (κ2) is 8.77. The first kappa shape index (κ1) is 19.6. The number of carbonyl (C=O) groups is 1. The summed E-state index contributed by atoms with van der Waals surface area (Å²) in [4.78, 5) is 13.9. The van der Waals surface area contributed by atoms with E-state index >= 15 is 0 Å². The number of ether oxygens (including phenoxy) is 2. The van der Waals surface area contributed by atoms with Crippen molar-refractivity contribution in [2.75, 3.05) is 18.1 Å². The highest BCUT2D eigenvalue weighted by Gasteiger charge is 2.30. The highest BCUT2D eigenvalue weighted by atomic mass is 32.2. The number of esters is 1. The van der Waals surface area contributed by atoms with Gasteiger partial charge in [0.1, 0.15) is 11.4 Å². The van der Waals surface area contributed by atoms with Gasteiger partial charge in [0, 0.05) is 5.39 Å². The zero-order chi connectivity index (χ0) is 19.4. The second-order valence-electron chi connectivity index (χ2n) is 8.45. The van der Waals surface area contributed by atoms with Crippen LogP contribution in [0.5, 0.6) is 5.75 Å². The maximum atomic E-state index is 12.4. The lowest BCUT2D eigenvalue weighted by molar-refractivity contribution is -0.163. The van der Waals surface area contributed by atoms with Crippen molar-refractivity contribution in [2.24, 2.45) is 0 Å². The van der Waals surface area contributed by atoms with Crippen molar-refractivity contribution >= 4 is 27.6 Å². The molecule has 1 saturated heterocycles. The first-order valence-corrected chi connectivity index (χ1v) is 12.5.